The molecule has 0 amide bonds. The molecule has 1 fully saturated rings. The Balaban J connectivity index is 2.44. The van der Waals surface area contributed by atoms with Crippen molar-refractivity contribution in [1.29, 1.82) is 0 Å². The van der Waals surface area contributed by atoms with E-state index in [0.29, 0.717) is 17.4 Å². The van der Waals surface area contributed by atoms with E-state index < -0.39 is 9.84 Å². The Hall–Kier alpha value is -0.0900. The zero-order chi connectivity index (χ0) is 7.61. The molecule has 1 heterocycles. The third kappa shape index (κ3) is 1.95. The van der Waals surface area contributed by atoms with Gasteiger partial charge in [-0.15, -0.1) is 0 Å². The normalized spacial score (nSPS) is 30.7. The summed E-state index contributed by atoms with van der Waals surface area (Å²) in [6.45, 7) is 0.846. The van der Waals surface area contributed by atoms with Gasteiger partial charge in [0.05, 0.1) is 18.1 Å². The minimum atomic E-state index is -2.67. The largest absolute Gasteiger partial charge is 0.479 e. The molecule has 0 aromatic rings. The quantitative estimate of drug-likeness (QED) is 0.519. The molecule has 0 aliphatic carbocycles. The summed E-state index contributed by atoms with van der Waals surface area (Å²) in [5.74, 6) is 1.10. The molecule has 0 radical (unpaired) electrons. The summed E-state index contributed by atoms with van der Waals surface area (Å²) in [7, 11) is 0.912. The molecule has 0 saturated carbocycles. The molecule has 2 N–H and O–H groups in total. The highest BCUT2D eigenvalue weighted by Gasteiger charge is 2.27. The van der Waals surface area contributed by atoms with Crippen LogP contribution in [0.5, 0.6) is 0 Å². The van der Waals surface area contributed by atoms with E-state index in [-0.39, 0.29) is 0 Å². The topological polar surface area (TPSA) is 50.8 Å². The molecule has 0 aromatic heterocycles. The summed E-state index contributed by atoms with van der Waals surface area (Å²) in [5, 5.41) is 1.80. The number of rotatable bonds is 2. The number of sulfone groups is 1. The Kier molecular flexibility index (Phi) is 2.31. The van der Waals surface area contributed by atoms with Crippen molar-refractivity contribution in [3.05, 3.63) is 7.05 Å². The van der Waals surface area contributed by atoms with Crippen LogP contribution < -0.4 is 5.32 Å². The Labute approximate surface area is 61.7 Å². The van der Waals surface area contributed by atoms with Gasteiger partial charge in [0.25, 0.3) is 0 Å². The highest BCUT2D eigenvalue weighted by molar-refractivity contribution is 7.91. The first-order chi connectivity index (χ1) is 4.64. The number of nitrogens with two attached hydrogens (primary N) is 1. The van der Waals surface area contributed by atoms with Gasteiger partial charge in [0.2, 0.25) is 0 Å². The molecule has 1 atom stereocenters. The molecule has 1 aliphatic rings. The standard InChI is InChI=1S/C6H13NO2S/c1-7-4-6-2-3-10(8,9)5-6/h6H,1-5,7H2. The fourth-order valence-corrected chi connectivity index (χ4v) is 3.17. The average molecular weight is 163 g/mol. The molecule has 1 aliphatic heterocycles. The van der Waals surface area contributed by atoms with E-state index in [1.54, 1.807) is 5.32 Å². The van der Waals surface area contributed by atoms with Gasteiger partial charge in [0.1, 0.15) is 0 Å². The van der Waals surface area contributed by atoms with Crippen LogP contribution in [-0.4, -0.2) is 26.5 Å². The predicted molar refractivity (Wildman–Crippen MR) is 38.9 cm³/mol. The summed E-state index contributed by atoms with van der Waals surface area (Å²) in [5.41, 5.74) is 0. The molecule has 10 heavy (non-hydrogen) atoms. The van der Waals surface area contributed by atoms with E-state index in [4.69, 9.17) is 0 Å². The van der Waals surface area contributed by atoms with Gasteiger partial charge >= 0.3 is 0 Å². The van der Waals surface area contributed by atoms with Gasteiger partial charge in [-0.1, -0.05) is 0 Å². The summed E-state index contributed by atoms with van der Waals surface area (Å²) >= 11 is 0. The van der Waals surface area contributed by atoms with Crippen molar-refractivity contribution in [1.82, 2.24) is 0 Å². The van der Waals surface area contributed by atoms with Crippen molar-refractivity contribution in [2.75, 3.05) is 18.1 Å². The van der Waals surface area contributed by atoms with Crippen molar-refractivity contribution in [3.8, 4) is 0 Å². The van der Waals surface area contributed by atoms with Crippen LogP contribution >= 0.6 is 0 Å². The van der Waals surface area contributed by atoms with Gasteiger partial charge in [0, 0.05) is 5.92 Å². The van der Waals surface area contributed by atoms with Gasteiger partial charge in [-0.05, 0) is 6.42 Å². The minimum Gasteiger partial charge on any atom is -0.479 e. The van der Waals surface area contributed by atoms with Crippen molar-refractivity contribution >= 4 is 9.84 Å². The average Bonchev–Trinajstić information content (AvgIpc) is 2.12. The van der Waals surface area contributed by atoms with Crippen molar-refractivity contribution in [2.24, 2.45) is 5.92 Å². The molecule has 0 bridgehead atoms. The zero-order valence-corrected chi connectivity index (χ0v) is 6.73. The maximum atomic E-state index is 10.9. The molecule has 1 rings (SSSR count). The molecule has 1 saturated heterocycles. The molecular weight excluding hydrogens is 150 g/mol. The summed E-state index contributed by atoms with van der Waals surface area (Å²) in [6, 6.07) is 0. The Bertz CT molecular complexity index is 198. The molecule has 1 unspecified atom stereocenters. The highest BCUT2D eigenvalue weighted by Crippen LogP contribution is 2.15. The maximum absolute atomic E-state index is 10.9. The smallest absolute Gasteiger partial charge is 0.150 e. The van der Waals surface area contributed by atoms with Crippen LogP contribution in [0.25, 0.3) is 0 Å². The molecule has 60 valence electrons. The second kappa shape index (κ2) is 2.88. The Morgan fingerprint density at radius 1 is 1.60 bits per heavy atom. The lowest BCUT2D eigenvalue weighted by Crippen LogP contribution is -2.78. The number of hydrogen-bond donors (Lipinski definition) is 1. The minimum absolute atomic E-state index is 0.350. The summed E-state index contributed by atoms with van der Waals surface area (Å²) in [6.07, 6.45) is 0.828. The molecule has 0 spiro atoms. The highest BCUT2D eigenvalue weighted by atomic mass is 32.2. The SMILES string of the molecule is [CH2-][NH2+]CC1CCS(=O)(=O)C1. The van der Waals surface area contributed by atoms with Gasteiger partial charge < -0.3 is 5.32 Å². The first-order valence-corrected chi connectivity index (χ1v) is 5.27. The van der Waals surface area contributed by atoms with E-state index in [0.717, 1.165) is 13.0 Å². The van der Waals surface area contributed by atoms with Crippen LogP contribution in [0.4, 0.5) is 0 Å². The lowest BCUT2D eigenvalue weighted by Gasteiger charge is -2.04. The van der Waals surface area contributed by atoms with Crippen LogP contribution in [0.2, 0.25) is 0 Å². The van der Waals surface area contributed by atoms with E-state index in [1.165, 1.54) is 0 Å². The van der Waals surface area contributed by atoms with Gasteiger partial charge in [0.15, 0.2) is 9.84 Å². The predicted octanol–water partition coefficient (Wildman–Crippen LogP) is -1.22. The fourth-order valence-electron chi connectivity index (χ4n) is 1.29. The van der Waals surface area contributed by atoms with Gasteiger partial charge in [-0.25, -0.2) is 8.42 Å². The zero-order valence-electron chi connectivity index (χ0n) is 5.91. The monoisotopic (exact) mass is 163 g/mol. The van der Waals surface area contributed by atoms with Crippen LogP contribution in [0.1, 0.15) is 6.42 Å². The second-order valence-electron chi connectivity index (χ2n) is 2.79. The van der Waals surface area contributed by atoms with Gasteiger partial charge in [-0.3, -0.25) is 0 Å². The van der Waals surface area contributed by atoms with E-state index in [1.807, 2.05) is 0 Å². The molecule has 0 aromatic carbocycles. The van der Waals surface area contributed by atoms with Crippen molar-refractivity contribution in [2.45, 2.75) is 6.42 Å². The van der Waals surface area contributed by atoms with Gasteiger partial charge in [-0.2, -0.15) is 7.05 Å². The van der Waals surface area contributed by atoms with Crippen molar-refractivity contribution < 1.29 is 13.7 Å². The van der Waals surface area contributed by atoms with E-state index in [9.17, 15) is 8.42 Å². The number of quaternary nitrogens is 1. The Morgan fingerprint density at radius 2 is 2.30 bits per heavy atom. The molecular formula is C6H13NO2S. The third-order valence-corrected chi connectivity index (χ3v) is 3.66. The fraction of sp³-hybridized carbons (Fsp3) is 0.833. The first-order valence-electron chi connectivity index (χ1n) is 3.45. The Morgan fingerprint density at radius 3 is 2.70 bits per heavy atom. The first kappa shape index (κ1) is 8.01. The molecule has 3 nitrogen and oxygen atoms in total. The lowest BCUT2D eigenvalue weighted by atomic mass is 10.1. The number of hydrogen-bond acceptors (Lipinski definition) is 2. The van der Waals surface area contributed by atoms with E-state index >= 15 is 0 Å². The second-order valence-corrected chi connectivity index (χ2v) is 5.02. The lowest BCUT2D eigenvalue weighted by molar-refractivity contribution is -0.601. The van der Waals surface area contributed by atoms with Crippen molar-refractivity contribution in [3.63, 3.8) is 0 Å². The van der Waals surface area contributed by atoms with Crippen LogP contribution in [0.15, 0.2) is 0 Å². The van der Waals surface area contributed by atoms with E-state index in [2.05, 4.69) is 7.05 Å². The van der Waals surface area contributed by atoms with Crippen LogP contribution in [0, 0.1) is 13.0 Å². The maximum Gasteiger partial charge on any atom is 0.150 e. The summed E-state index contributed by atoms with van der Waals surface area (Å²) in [4.78, 5) is 0. The van der Waals surface area contributed by atoms with Crippen LogP contribution in [-0.2, 0) is 9.84 Å². The molecule has 4 heteroatoms. The van der Waals surface area contributed by atoms with Crippen LogP contribution in [0.3, 0.4) is 0 Å². The third-order valence-electron chi connectivity index (χ3n) is 1.83. The summed E-state index contributed by atoms with van der Waals surface area (Å²) < 4.78 is 21.8.